The van der Waals surface area contributed by atoms with Crippen LogP contribution in [0.4, 0.5) is 11.5 Å². The van der Waals surface area contributed by atoms with Crippen LogP contribution in [-0.4, -0.2) is 21.2 Å². The lowest BCUT2D eigenvalue weighted by atomic mass is 10.2. The summed E-state index contributed by atoms with van der Waals surface area (Å²) >= 11 is 0. The minimum absolute atomic E-state index is 0.0931. The van der Waals surface area contributed by atoms with Crippen molar-refractivity contribution < 1.29 is 4.92 Å². The first kappa shape index (κ1) is 14.6. The summed E-state index contributed by atoms with van der Waals surface area (Å²) < 4.78 is 1.70. The van der Waals surface area contributed by atoms with Gasteiger partial charge < -0.3 is 5.32 Å². The molecule has 0 amide bonds. The molecule has 6 nitrogen and oxygen atoms in total. The minimum atomic E-state index is -0.349. The zero-order valence-electron chi connectivity index (χ0n) is 12.3. The average Bonchev–Trinajstić information content (AvgIpc) is 2.97. The maximum atomic E-state index is 11.2. The fourth-order valence-electron chi connectivity index (χ4n) is 2.60. The number of nitrogens with one attached hydrogen (secondary N) is 1. The van der Waals surface area contributed by atoms with Gasteiger partial charge in [-0.15, -0.1) is 0 Å². The molecule has 0 radical (unpaired) electrons. The molecule has 1 aliphatic rings. The molecule has 1 N–H and O–H groups in total. The minimum Gasteiger partial charge on any atom is -0.364 e. The second kappa shape index (κ2) is 6.07. The third-order valence-corrected chi connectivity index (χ3v) is 3.60. The van der Waals surface area contributed by atoms with Crippen LogP contribution in [0.5, 0.6) is 0 Å². The van der Waals surface area contributed by atoms with Crippen LogP contribution in [0.1, 0.15) is 51.3 Å². The van der Waals surface area contributed by atoms with E-state index in [0.29, 0.717) is 18.1 Å². The molecule has 0 aliphatic heterocycles. The van der Waals surface area contributed by atoms with Gasteiger partial charge in [-0.05, 0) is 46.5 Å². The van der Waals surface area contributed by atoms with E-state index in [1.54, 1.807) is 11.6 Å². The molecular formula is C14H22N4O2. The largest absolute Gasteiger partial charge is 0.364 e. The van der Waals surface area contributed by atoms with Crippen molar-refractivity contribution in [3.63, 3.8) is 0 Å². The van der Waals surface area contributed by atoms with E-state index in [4.69, 9.17) is 0 Å². The molecule has 2 rings (SSSR count). The molecule has 1 aromatic heterocycles. The molecular weight excluding hydrogens is 256 g/mol. The number of rotatable bonds is 6. The van der Waals surface area contributed by atoms with Crippen molar-refractivity contribution in [3.05, 3.63) is 27.5 Å². The van der Waals surface area contributed by atoms with Gasteiger partial charge in [0.05, 0.1) is 4.92 Å². The zero-order valence-corrected chi connectivity index (χ0v) is 12.3. The lowest BCUT2D eigenvalue weighted by Gasteiger charge is -2.12. The zero-order chi connectivity index (χ0) is 14.7. The Bertz CT molecular complexity index is 532. The Kier molecular flexibility index (Phi) is 4.42. The molecule has 1 heterocycles. The summed E-state index contributed by atoms with van der Waals surface area (Å²) in [6.45, 7) is 6.34. The van der Waals surface area contributed by atoms with Gasteiger partial charge in [-0.3, -0.25) is 10.1 Å². The Balaban J connectivity index is 2.13. The van der Waals surface area contributed by atoms with Crippen LogP contribution in [-0.2, 0) is 0 Å². The maximum Gasteiger partial charge on any atom is 0.333 e. The molecule has 0 saturated heterocycles. The van der Waals surface area contributed by atoms with Crippen LogP contribution in [0.25, 0.3) is 0 Å². The summed E-state index contributed by atoms with van der Waals surface area (Å²) in [4.78, 5) is 10.8. The van der Waals surface area contributed by atoms with Gasteiger partial charge >= 0.3 is 5.69 Å². The van der Waals surface area contributed by atoms with Gasteiger partial charge in [-0.1, -0.05) is 11.6 Å². The third-order valence-electron chi connectivity index (χ3n) is 3.60. The third kappa shape index (κ3) is 3.00. The highest BCUT2D eigenvalue weighted by Gasteiger charge is 2.26. The van der Waals surface area contributed by atoms with Gasteiger partial charge in [0.2, 0.25) is 5.82 Å². The van der Waals surface area contributed by atoms with Crippen LogP contribution < -0.4 is 5.32 Å². The van der Waals surface area contributed by atoms with Crippen LogP contribution in [0.2, 0.25) is 0 Å². The van der Waals surface area contributed by atoms with Crippen LogP contribution in [0.3, 0.4) is 0 Å². The lowest BCUT2D eigenvalue weighted by Crippen LogP contribution is -2.12. The Morgan fingerprint density at radius 1 is 1.55 bits per heavy atom. The molecule has 0 bridgehead atoms. The summed E-state index contributed by atoms with van der Waals surface area (Å²) in [6.07, 6.45) is 6.78. The average molecular weight is 278 g/mol. The van der Waals surface area contributed by atoms with E-state index in [2.05, 4.69) is 16.5 Å². The second-order valence-corrected chi connectivity index (χ2v) is 5.51. The fourth-order valence-corrected chi connectivity index (χ4v) is 2.60. The van der Waals surface area contributed by atoms with E-state index in [1.807, 2.05) is 13.8 Å². The molecule has 20 heavy (non-hydrogen) atoms. The van der Waals surface area contributed by atoms with Gasteiger partial charge in [0.25, 0.3) is 0 Å². The summed E-state index contributed by atoms with van der Waals surface area (Å²) in [7, 11) is 0. The summed E-state index contributed by atoms with van der Waals surface area (Å²) in [5, 5.41) is 18.7. The predicted molar refractivity (Wildman–Crippen MR) is 79.0 cm³/mol. The molecule has 0 saturated carbocycles. The van der Waals surface area contributed by atoms with Crippen molar-refractivity contribution >= 4 is 11.5 Å². The Hall–Kier alpha value is -1.85. The number of aromatic nitrogens is 2. The van der Waals surface area contributed by atoms with Crippen molar-refractivity contribution in [2.45, 2.75) is 52.5 Å². The number of hydrogen-bond donors (Lipinski definition) is 1. The van der Waals surface area contributed by atoms with Crippen molar-refractivity contribution in [2.24, 2.45) is 0 Å². The predicted octanol–water partition coefficient (Wildman–Crippen LogP) is 3.59. The highest BCUT2D eigenvalue weighted by Crippen LogP contribution is 2.31. The van der Waals surface area contributed by atoms with Gasteiger partial charge in [-0.25, -0.2) is 4.68 Å². The number of aryl methyl sites for hydroxylation is 1. The highest BCUT2D eigenvalue weighted by atomic mass is 16.6. The van der Waals surface area contributed by atoms with Gasteiger partial charge in [0, 0.05) is 12.6 Å². The Morgan fingerprint density at radius 2 is 2.30 bits per heavy atom. The Labute approximate surface area is 119 Å². The second-order valence-electron chi connectivity index (χ2n) is 5.51. The molecule has 110 valence electrons. The Morgan fingerprint density at radius 3 is 2.85 bits per heavy atom. The summed E-state index contributed by atoms with van der Waals surface area (Å²) in [5.74, 6) is 0.529. The van der Waals surface area contributed by atoms with Gasteiger partial charge in [-0.2, -0.15) is 5.10 Å². The molecule has 0 atom stereocenters. The molecule has 0 spiro atoms. The van der Waals surface area contributed by atoms with E-state index in [-0.39, 0.29) is 16.7 Å². The van der Waals surface area contributed by atoms with Crippen LogP contribution in [0, 0.1) is 17.0 Å². The smallest absolute Gasteiger partial charge is 0.333 e. The van der Waals surface area contributed by atoms with Crippen LogP contribution in [0.15, 0.2) is 11.6 Å². The standard InChI is InChI=1S/C14H22N4O2/c1-10(2)17-14(13(18(19)20)11(3)16-17)15-9-8-12-6-4-5-7-12/h6,10,15H,4-5,7-9H2,1-3H3. The van der Waals surface area contributed by atoms with Crippen molar-refractivity contribution in [1.29, 1.82) is 0 Å². The quantitative estimate of drug-likeness (QED) is 0.490. The normalized spacial score (nSPS) is 14.7. The van der Waals surface area contributed by atoms with E-state index < -0.39 is 0 Å². The van der Waals surface area contributed by atoms with Gasteiger partial charge in [0.15, 0.2) is 0 Å². The van der Waals surface area contributed by atoms with E-state index in [9.17, 15) is 10.1 Å². The summed E-state index contributed by atoms with van der Waals surface area (Å²) in [6, 6.07) is 0.0931. The first-order chi connectivity index (χ1) is 9.50. The topological polar surface area (TPSA) is 73.0 Å². The van der Waals surface area contributed by atoms with Gasteiger partial charge in [0.1, 0.15) is 5.69 Å². The lowest BCUT2D eigenvalue weighted by molar-refractivity contribution is -0.384. The molecule has 1 aromatic rings. The fraction of sp³-hybridized carbons (Fsp3) is 0.643. The number of nitro groups is 1. The molecule has 0 aromatic carbocycles. The SMILES string of the molecule is Cc1nn(C(C)C)c(NCCC2=CCCC2)c1[N+](=O)[O-]. The van der Waals surface area contributed by atoms with Crippen LogP contribution >= 0.6 is 0 Å². The van der Waals surface area contributed by atoms with E-state index in [0.717, 1.165) is 12.8 Å². The summed E-state index contributed by atoms with van der Waals surface area (Å²) in [5.41, 5.74) is 2.01. The first-order valence-corrected chi connectivity index (χ1v) is 7.16. The molecule has 6 heteroatoms. The maximum absolute atomic E-state index is 11.2. The molecule has 0 unspecified atom stereocenters. The number of allylic oxidation sites excluding steroid dienone is 1. The van der Waals surface area contributed by atoms with Crippen molar-refractivity contribution in [1.82, 2.24) is 9.78 Å². The van der Waals surface area contributed by atoms with E-state index in [1.165, 1.54) is 18.4 Å². The first-order valence-electron chi connectivity index (χ1n) is 7.16. The van der Waals surface area contributed by atoms with E-state index >= 15 is 0 Å². The monoisotopic (exact) mass is 278 g/mol. The number of anilines is 1. The molecule has 1 aliphatic carbocycles. The number of hydrogen-bond acceptors (Lipinski definition) is 4. The highest BCUT2D eigenvalue weighted by molar-refractivity contribution is 5.59. The number of nitrogens with zero attached hydrogens (tertiary/aromatic N) is 3. The molecule has 0 fully saturated rings. The van der Waals surface area contributed by atoms with Crippen molar-refractivity contribution in [2.75, 3.05) is 11.9 Å². The van der Waals surface area contributed by atoms with Crippen molar-refractivity contribution in [3.8, 4) is 0 Å².